The van der Waals surface area contributed by atoms with Crippen LogP contribution in [0, 0.1) is 0 Å². The summed E-state index contributed by atoms with van der Waals surface area (Å²) in [7, 11) is -3.88. The fourth-order valence-electron chi connectivity index (χ4n) is 3.03. The second-order valence-electron chi connectivity index (χ2n) is 7.00. The van der Waals surface area contributed by atoms with E-state index in [2.05, 4.69) is 5.32 Å². The minimum Gasteiger partial charge on any atom is -0.325 e. The lowest BCUT2D eigenvalue weighted by molar-refractivity contribution is -0.113. The average Bonchev–Trinajstić information content (AvgIpc) is 2.74. The molecule has 0 bridgehead atoms. The van der Waals surface area contributed by atoms with Crippen molar-refractivity contribution in [3.05, 3.63) is 90.0 Å². The van der Waals surface area contributed by atoms with Gasteiger partial charge in [-0.1, -0.05) is 73.7 Å². The van der Waals surface area contributed by atoms with Crippen LogP contribution in [0.25, 0.3) is 11.1 Å². The zero-order chi connectivity index (χ0) is 21.6. The molecular formula is C24H23NO4S. The van der Waals surface area contributed by atoms with E-state index in [0.717, 1.165) is 23.1 Å². The van der Waals surface area contributed by atoms with Gasteiger partial charge in [0.2, 0.25) is 5.91 Å². The standard InChI is InChI=1S/C24H23NO4S/c1-2-18-8-14-22(15-9-18)25-24(27)17-30(28,29)16-23(26)21-12-10-20(11-13-21)19-6-4-3-5-7-19/h3-15H,2,16-17H2,1H3,(H,25,27). The fourth-order valence-corrected chi connectivity index (χ4v) is 4.17. The number of amides is 1. The number of carbonyl (C=O) groups excluding carboxylic acids is 2. The van der Waals surface area contributed by atoms with E-state index in [4.69, 9.17) is 0 Å². The van der Waals surface area contributed by atoms with Crippen molar-refractivity contribution >= 4 is 27.2 Å². The van der Waals surface area contributed by atoms with Crippen molar-refractivity contribution in [1.29, 1.82) is 0 Å². The van der Waals surface area contributed by atoms with Crippen molar-refractivity contribution in [2.24, 2.45) is 0 Å². The summed E-state index contributed by atoms with van der Waals surface area (Å²) >= 11 is 0. The van der Waals surface area contributed by atoms with Crippen LogP contribution in [0.4, 0.5) is 5.69 Å². The summed E-state index contributed by atoms with van der Waals surface area (Å²) in [4.78, 5) is 24.5. The van der Waals surface area contributed by atoms with Crippen molar-refractivity contribution in [2.45, 2.75) is 13.3 Å². The second-order valence-corrected chi connectivity index (χ2v) is 9.06. The predicted molar refractivity (Wildman–Crippen MR) is 119 cm³/mol. The average molecular weight is 422 g/mol. The maximum absolute atomic E-state index is 12.4. The van der Waals surface area contributed by atoms with E-state index >= 15 is 0 Å². The Hall–Kier alpha value is -3.25. The number of rotatable bonds is 8. The zero-order valence-electron chi connectivity index (χ0n) is 16.7. The third-order valence-electron chi connectivity index (χ3n) is 4.66. The maximum atomic E-state index is 12.4. The molecule has 3 rings (SSSR count). The van der Waals surface area contributed by atoms with Gasteiger partial charge in [-0.15, -0.1) is 0 Å². The van der Waals surface area contributed by atoms with E-state index < -0.39 is 33.0 Å². The van der Waals surface area contributed by atoms with Crippen molar-refractivity contribution in [2.75, 3.05) is 16.8 Å². The minimum absolute atomic E-state index is 0.300. The Bertz CT molecular complexity index is 1120. The van der Waals surface area contributed by atoms with Gasteiger partial charge in [-0.25, -0.2) is 8.42 Å². The SMILES string of the molecule is CCc1ccc(NC(=O)CS(=O)(=O)CC(=O)c2ccc(-c3ccccc3)cc2)cc1. The largest absolute Gasteiger partial charge is 0.325 e. The van der Waals surface area contributed by atoms with E-state index in [1.165, 1.54) is 0 Å². The molecule has 6 heteroatoms. The van der Waals surface area contributed by atoms with Crippen LogP contribution in [0.5, 0.6) is 0 Å². The van der Waals surface area contributed by atoms with Crippen LogP contribution in [-0.2, 0) is 21.1 Å². The molecule has 154 valence electrons. The molecule has 3 aromatic carbocycles. The fraction of sp³-hybridized carbons (Fsp3) is 0.167. The molecule has 0 radical (unpaired) electrons. The first-order valence-electron chi connectivity index (χ1n) is 9.64. The van der Waals surface area contributed by atoms with Gasteiger partial charge in [0.25, 0.3) is 0 Å². The second kappa shape index (κ2) is 9.50. The smallest absolute Gasteiger partial charge is 0.239 e. The number of hydrogen-bond acceptors (Lipinski definition) is 4. The third-order valence-corrected chi connectivity index (χ3v) is 6.07. The van der Waals surface area contributed by atoms with Crippen LogP contribution in [-0.4, -0.2) is 31.6 Å². The number of Topliss-reactive ketones (excluding diaryl/α,β-unsaturated/α-hetero) is 1. The molecule has 0 unspecified atom stereocenters. The third kappa shape index (κ3) is 5.87. The predicted octanol–water partition coefficient (Wildman–Crippen LogP) is 4.15. The minimum atomic E-state index is -3.88. The number of sulfone groups is 1. The Balaban J connectivity index is 1.59. The lowest BCUT2D eigenvalue weighted by Crippen LogP contribution is -2.27. The molecule has 0 atom stereocenters. The van der Waals surface area contributed by atoms with Crippen LogP contribution < -0.4 is 5.32 Å². The molecule has 0 aliphatic rings. The first kappa shape index (κ1) is 21.5. The molecule has 1 N–H and O–H groups in total. The van der Waals surface area contributed by atoms with Crippen LogP contribution >= 0.6 is 0 Å². The molecule has 0 saturated heterocycles. The molecule has 1 amide bonds. The zero-order valence-corrected chi connectivity index (χ0v) is 17.5. The van der Waals surface area contributed by atoms with Gasteiger partial charge in [-0.3, -0.25) is 9.59 Å². The molecule has 0 aromatic heterocycles. The molecule has 0 aliphatic carbocycles. The van der Waals surface area contributed by atoms with Crippen LogP contribution in [0.2, 0.25) is 0 Å². The van der Waals surface area contributed by atoms with Gasteiger partial charge in [0.1, 0.15) is 11.5 Å². The van der Waals surface area contributed by atoms with E-state index in [9.17, 15) is 18.0 Å². The van der Waals surface area contributed by atoms with E-state index in [1.807, 2.05) is 49.4 Å². The van der Waals surface area contributed by atoms with Gasteiger partial charge in [0, 0.05) is 11.3 Å². The number of ketones is 1. The Morgan fingerprint density at radius 2 is 1.37 bits per heavy atom. The van der Waals surface area contributed by atoms with Gasteiger partial charge < -0.3 is 5.32 Å². The molecule has 0 aliphatic heterocycles. The molecule has 0 saturated carbocycles. The summed E-state index contributed by atoms with van der Waals surface area (Å²) in [5.74, 6) is -2.64. The number of aryl methyl sites for hydroxylation is 1. The molecular weight excluding hydrogens is 398 g/mol. The van der Waals surface area contributed by atoms with Crippen molar-refractivity contribution in [1.82, 2.24) is 0 Å². The first-order valence-corrected chi connectivity index (χ1v) is 11.5. The van der Waals surface area contributed by atoms with Gasteiger partial charge in [-0.2, -0.15) is 0 Å². The highest BCUT2D eigenvalue weighted by Gasteiger charge is 2.22. The normalized spacial score (nSPS) is 11.1. The Morgan fingerprint density at radius 1 is 0.767 bits per heavy atom. The summed E-state index contributed by atoms with van der Waals surface area (Å²) in [6, 6.07) is 23.6. The Kier molecular flexibility index (Phi) is 6.79. The van der Waals surface area contributed by atoms with Gasteiger partial charge in [0.15, 0.2) is 15.6 Å². The molecule has 30 heavy (non-hydrogen) atoms. The van der Waals surface area contributed by atoms with E-state index in [-0.39, 0.29) is 0 Å². The summed E-state index contributed by atoms with van der Waals surface area (Å²) in [6.45, 7) is 2.02. The number of benzene rings is 3. The molecule has 3 aromatic rings. The summed E-state index contributed by atoms with van der Waals surface area (Å²) in [6.07, 6.45) is 0.872. The molecule has 0 spiro atoms. The van der Waals surface area contributed by atoms with E-state index in [1.54, 1.807) is 36.4 Å². The van der Waals surface area contributed by atoms with Crippen LogP contribution in [0.15, 0.2) is 78.9 Å². The maximum Gasteiger partial charge on any atom is 0.239 e. The van der Waals surface area contributed by atoms with Crippen LogP contribution in [0.1, 0.15) is 22.8 Å². The monoisotopic (exact) mass is 421 g/mol. The van der Waals surface area contributed by atoms with Crippen molar-refractivity contribution in [3.63, 3.8) is 0 Å². The summed E-state index contributed by atoms with van der Waals surface area (Å²) in [5, 5.41) is 2.56. The Morgan fingerprint density at radius 3 is 1.97 bits per heavy atom. The van der Waals surface area contributed by atoms with Crippen LogP contribution in [0.3, 0.4) is 0 Å². The highest BCUT2D eigenvalue weighted by Crippen LogP contribution is 2.19. The summed E-state index contributed by atoms with van der Waals surface area (Å²) in [5.41, 5.74) is 3.88. The number of nitrogens with one attached hydrogen (secondary N) is 1. The number of carbonyl (C=O) groups is 2. The highest BCUT2D eigenvalue weighted by molar-refractivity contribution is 7.92. The quantitative estimate of drug-likeness (QED) is 0.554. The topological polar surface area (TPSA) is 80.3 Å². The van der Waals surface area contributed by atoms with Crippen molar-refractivity contribution < 1.29 is 18.0 Å². The lowest BCUT2D eigenvalue weighted by atomic mass is 10.0. The molecule has 0 heterocycles. The summed E-state index contributed by atoms with van der Waals surface area (Å²) < 4.78 is 24.6. The van der Waals surface area contributed by atoms with Gasteiger partial charge >= 0.3 is 0 Å². The van der Waals surface area contributed by atoms with E-state index in [0.29, 0.717) is 11.3 Å². The first-order chi connectivity index (χ1) is 14.4. The van der Waals surface area contributed by atoms with Gasteiger partial charge in [0.05, 0.1) is 0 Å². The van der Waals surface area contributed by atoms with Gasteiger partial charge in [-0.05, 0) is 35.2 Å². The van der Waals surface area contributed by atoms with Crippen molar-refractivity contribution in [3.8, 4) is 11.1 Å². The number of anilines is 1. The lowest BCUT2D eigenvalue weighted by Gasteiger charge is -2.08. The molecule has 5 nitrogen and oxygen atoms in total. The molecule has 0 fully saturated rings. The number of hydrogen-bond donors (Lipinski definition) is 1. The highest BCUT2D eigenvalue weighted by atomic mass is 32.2. The Labute approximate surface area is 176 Å².